The van der Waals surface area contributed by atoms with Gasteiger partial charge in [0.2, 0.25) is 0 Å². The topological polar surface area (TPSA) is 57.0 Å². The van der Waals surface area contributed by atoms with Crippen LogP contribution in [0, 0.1) is 0 Å². The van der Waals surface area contributed by atoms with E-state index in [0.717, 1.165) is 11.0 Å². The maximum atomic E-state index is 11.7. The Hall–Kier alpha value is -1.91. The molecule has 0 aliphatic rings. The molecule has 0 spiro atoms. The minimum absolute atomic E-state index is 0.104. The van der Waals surface area contributed by atoms with Crippen LogP contribution in [0.2, 0.25) is 0 Å². The van der Waals surface area contributed by atoms with E-state index in [9.17, 15) is 4.79 Å². The van der Waals surface area contributed by atoms with E-state index in [1.165, 1.54) is 0 Å². The van der Waals surface area contributed by atoms with Crippen molar-refractivity contribution in [2.75, 3.05) is 0 Å². The van der Waals surface area contributed by atoms with Crippen LogP contribution in [0.3, 0.4) is 0 Å². The Morgan fingerprint density at radius 2 is 2.24 bits per heavy atom. The largest absolute Gasteiger partial charge is 0.459 e. The quantitative estimate of drug-likeness (QED) is 0.742. The van der Waals surface area contributed by atoms with Crippen molar-refractivity contribution >= 4 is 17.0 Å². The van der Waals surface area contributed by atoms with Crippen molar-refractivity contribution in [3.05, 3.63) is 24.5 Å². The molecule has 0 saturated carbocycles. The Morgan fingerprint density at radius 3 is 2.94 bits per heavy atom. The van der Waals surface area contributed by atoms with Crippen LogP contribution in [-0.4, -0.2) is 26.3 Å². The maximum absolute atomic E-state index is 11.7. The summed E-state index contributed by atoms with van der Waals surface area (Å²) in [5.41, 5.74) is 1.13. The highest BCUT2D eigenvalue weighted by molar-refractivity contribution is 5.77. The second kappa shape index (κ2) is 4.16. The second-order valence-corrected chi connectivity index (χ2v) is 4.80. The number of carbonyl (C=O) groups excluding carboxylic acids is 1. The van der Waals surface area contributed by atoms with Gasteiger partial charge in [-0.15, -0.1) is 0 Å². The third kappa shape index (κ3) is 2.81. The Balaban J connectivity index is 2.16. The zero-order valence-electron chi connectivity index (χ0n) is 10.2. The summed E-state index contributed by atoms with van der Waals surface area (Å²) in [4.78, 5) is 15.8. The lowest BCUT2D eigenvalue weighted by atomic mass is 10.2. The lowest BCUT2D eigenvalue weighted by Crippen LogP contribution is -2.26. The van der Waals surface area contributed by atoms with Gasteiger partial charge in [-0.3, -0.25) is 14.5 Å². The molecule has 0 bridgehead atoms. The van der Waals surface area contributed by atoms with E-state index in [4.69, 9.17) is 4.74 Å². The van der Waals surface area contributed by atoms with Gasteiger partial charge in [-0.05, 0) is 32.9 Å². The van der Waals surface area contributed by atoms with Gasteiger partial charge in [-0.2, -0.15) is 5.10 Å². The van der Waals surface area contributed by atoms with E-state index in [1.807, 2.05) is 32.9 Å². The van der Waals surface area contributed by atoms with Gasteiger partial charge < -0.3 is 4.74 Å². The second-order valence-electron chi connectivity index (χ2n) is 4.80. The zero-order valence-corrected chi connectivity index (χ0v) is 10.2. The number of hydrogen-bond donors (Lipinski definition) is 0. The number of ether oxygens (including phenoxy) is 1. The van der Waals surface area contributed by atoms with Crippen LogP contribution in [0.15, 0.2) is 24.5 Å². The van der Waals surface area contributed by atoms with Gasteiger partial charge in [0.15, 0.2) is 0 Å². The first-order valence-corrected chi connectivity index (χ1v) is 5.44. The van der Waals surface area contributed by atoms with Gasteiger partial charge in [0.05, 0.1) is 11.7 Å². The lowest BCUT2D eigenvalue weighted by molar-refractivity contribution is -0.155. The van der Waals surface area contributed by atoms with E-state index in [2.05, 4.69) is 10.1 Å². The predicted molar refractivity (Wildman–Crippen MR) is 63.4 cm³/mol. The van der Waals surface area contributed by atoms with E-state index in [1.54, 1.807) is 17.1 Å². The first kappa shape index (κ1) is 11.6. The monoisotopic (exact) mass is 233 g/mol. The summed E-state index contributed by atoms with van der Waals surface area (Å²) < 4.78 is 6.83. The molecule has 2 aromatic rings. The molecule has 2 heterocycles. The summed E-state index contributed by atoms with van der Waals surface area (Å²) in [5.74, 6) is -0.300. The summed E-state index contributed by atoms with van der Waals surface area (Å²) in [6.07, 6.45) is 3.33. The molecule has 0 unspecified atom stereocenters. The number of aromatic nitrogens is 3. The van der Waals surface area contributed by atoms with Gasteiger partial charge in [0.1, 0.15) is 17.7 Å². The normalized spacial score (nSPS) is 11.7. The molecule has 0 saturated heterocycles. The molecule has 0 N–H and O–H groups in total. The van der Waals surface area contributed by atoms with Gasteiger partial charge >= 0.3 is 5.97 Å². The van der Waals surface area contributed by atoms with Gasteiger partial charge in [0.25, 0.3) is 0 Å². The maximum Gasteiger partial charge on any atom is 0.328 e. The molecule has 5 nitrogen and oxygen atoms in total. The van der Waals surface area contributed by atoms with Crippen molar-refractivity contribution in [1.82, 2.24) is 14.8 Å². The van der Waals surface area contributed by atoms with Crippen LogP contribution < -0.4 is 0 Å². The Labute approximate surface area is 99.4 Å². The highest BCUT2D eigenvalue weighted by Crippen LogP contribution is 2.11. The molecule has 0 aromatic carbocycles. The minimum Gasteiger partial charge on any atom is -0.459 e. The van der Waals surface area contributed by atoms with E-state index in [0.29, 0.717) is 0 Å². The lowest BCUT2D eigenvalue weighted by Gasteiger charge is -2.19. The average molecular weight is 233 g/mol. The molecule has 0 amide bonds. The Bertz CT molecular complexity index is 540. The van der Waals surface area contributed by atoms with Gasteiger partial charge in [-0.25, -0.2) is 0 Å². The molecule has 2 rings (SSSR count). The molecule has 5 heteroatoms. The number of hydrogen-bond acceptors (Lipinski definition) is 4. The summed E-state index contributed by atoms with van der Waals surface area (Å²) in [5, 5.41) is 4.12. The van der Waals surface area contributed by atoms with Gasteiger partial charge in [0, 0.05) is 6.20 Å². The van der Waals surface area contributed by atoms with Crippen molar-refractivity contribution < 1.29 is 9.53 Å². The first-order chi connectivity index (χ1) is 7.96. The number of nitrogens with zero attached hydrogens (tertiary/aromatic N) is 3. The summed E-state index contributed by atoms with van der Waals surface area (Å²) >= 11 is 0. The zero-order chi connectivity index (χ0) is 12.5. The highest BCUT2D eigenvalue weighted by Gasteiger charge is 2.17. The van der Waals surface area contributed by atoms with E-state index in [-0.39, 0.29) is 12.5 Å². The van der Waals surface area contributed by atoms with Crippen LogP contribution in [0.25, 0.3) is 11.0 Å². The third-order valence-corrected chi connectivity index (χ3v) is 2.11. The number of pyridine rings is 1. The summed E-state index contributed by atoms with van der Waals surface area (Å²) in [6, 6.07) is 3.69. The molecule has 2 aromatic heterocycles. The van der Waals surface area contributed by atoms with Crippen molar-refractivity contribution in [3.8, 4) is 0 Å². The van der Waals surface area contributed by atoms with Crippen molar-refractivity contribution in [2.24, 2.45) is 0 Å². The standard InChI is InChI=1S/C12H15N3O2/c1-12(2,3)17-11(16)8-15-10-5-4-6-13-9(10)7-14-15/h4-7H,8H2,1-3H3. The highest BCUT2D eigenvalue weighted by atomic mass is 16.6. The SMILES string of the molecule is CC(C)(C)OC(=O)Cn1ncc2ncccc21. The molecule has 90 valence electrons. The molecule has 0 aliphatic heterocycles. The smallest absolute Gasteiger partial charge is 0.328 e. The summed E-state index contributed by atoms with van der Waals surface area (Å²) in [7, 11) is 0. The first-order valence-electron chi connectivity index (χ1n) is 5.44. The van der Waals surface area contributed by atoms with Crippen LogP contribution in [0.5, 0.6) is 0 Å². The predicted octanol–water partition coefficient (Wildman–Crippen LogP) is 1.77. The fraction of sp³-hybridized carbons (Fsp3) is 0.417. The van der Waals surface area contributed by atoms with E-state index < -0.39 is 5.60 Å². The molecule has 0 fully saturated rings. The Kier molecular flexibility index (Phi) is 2.83. The van der Waals surface area contributed by atoms with E-state index >= 15 is 0 Å². The van der Waals surface area contributed by atoms with Crippen molar-refractivity contribution in [3.63, 3.8) is 0 Å². The molecular formula is C12H15N3O2. The minimum atomic E-state index is -0.474. The van der Waals surface area contributed by atoms with Crippen molar-refractivity contribution in [2.45, 2.75) is 32.9 Å². The number of esters is 1. The molecule has 0 radical (unpaired) electrons. The van der Waals surface area contributed by atoms with Crippen molar-refractivity contribution in [1.29, 1.82) is 0 Å². The van der Waals surface area contributed by atoms with Gasteiger partial charge in [-0.1, -0.05) is 0 Å². The molecule has 17 heavy (non-hydrogen) atoms. The summed E-state index contributed by atoms with van der Waals surface area (Å²) in [6.45, 7) is 5.63. The molecule has 0 aliphatic carbocycles. The fourth-order valence-corrected chi connectivity index (χ4v) is 1.54. The molecule has 0 atom stereocenters. The van der Waals surface area contributed by atoms with Crippen LogP contribution in [0.4, 0.5) is 0 Å². The Morgan fingerprint density at radius 1 is 1.47 bits per heavy atom. The third-order valence-electron chi connectivity index (χ3n) is 2.11. The van der Waals surface area contributed by atoms with Crippen LogP contribution >= 0.6 is 0 Å². The fourth-order valence-electron chi connectivity index (χ4n) is 1.54. The van der Waals surface area contributed by atoms with Crippen LogP contribution in [-0.2, 0) is 16.1 Å². The average Bonchev–Trinajstić information content (AvgIpc) is 2.59. The number of fused-ring (bicyclic) bond motifs is 1. The molecular weight excluding hydrogens is 218 g/mol. The number of rotatable bonds is 2. The number of carbonyl (C=O) groups is 1. The van der Waals surface area contributed by atoms with Crippen LogP contribution in [0.1, 0.15) is 20.8 Å².